The number of allylic oxidation sites excluding steroid dienone is 4. The maximum atomic E-state index is 13.5. The molecule has 198 valence electrons. The third-order valence-electron chi connectivity index (χ3n) is 9.74. The quantitative estimate of drug-likeness (QED) is 0.530. The highest BCUT2D eigenvalue weighted by Crippen LogP contribution is 2.68. The molecule has 0 spiro atoms. The van der Waals surface area contributed by atoms with Crippen molar-refractivity contribution >= 4 is 23.5 Å². The van der Waals surface area contributed by atoms with Crippen LogP contribution in [0.15, 0.2) is 23.8 Å². The van der Waals surface area contributed by atoms with E-state index in [0.717, 1.165) is 25.7 Å². The lowest BCUT2D eigenvalue weighted by Gasteiger charge is -2.58. The van der Waals surface area contributed by atoms with Gasteiger partial charge in [0, 0.05) is 24.2 Å². The molecular weight excluding hydrogens is 460 g/mol. The Bertz CT molecular complexity index is 994. The first-order chi connectivity index (χ1) is 16.9. The predicted molar refractivity (Wildman–Crippen MR) is 132 cm³/mol. The molecule has 0 saturated heterocycles. The second-order valence-corrected chi connectivity index (χ2v) is 12.1. The highest BCUT2D eigenvalue weighted by Gasteiger charge is 2.63. The van der Waals surface area contributed by atoms with Gasteiger partial charge >= 0.3 is 11.9 Å². The van der Waals surface area contributed by atoms with Crippen LogP contribution in [0, 0.1) is 46.3 Å². The van der Waals surface area contributed by atoms with Crippen LogP contribution in [-0.4, -0.2) is 47.9 Å². The van der Waals surface area contributed by atoms with E-state index < -0.39 is 18.0 Å². The van der Waals surface area contributed by atoms with Gasteiger partial charge in [-0.15, -0.1) is 0 Å². The Morgan fingerprint density at radius 2 is 1.89 bits per heavy atom. The lowest BCUT2D eigenvalue weighted by Crippen LogP contribution is -2.52. The van der Waals surface area contributed by atoms with Crippen LogP contribution in [0.3, 0.4) is 0 Å². The van der Waals surface area contributed by atoms with E-state index in [0.29, 0.717) is 11.8 Å². The molecule has 36 heavy (non-hydrogen) atoms. The van der Waals surface area contributed by atoms with Crippen molar-refractivity contribution in [2.75, 3.05) is 13.2 Å². The van der Waals surface area contributed by atoms with E-state index in [1.54, 1.807) is 13.0 Å². The van der Waals surface area contributed by atoms with E-state index in [-0.39, 0.29) is 65.7 Å². The number of carbonyl (C=O) groups excluding carboxylic acids is 4. The van der Waals surface area contributed by atoms with Gasteiger partial charge in [-0.05, 0) is 73.8 Å². The number of carbonyl (C=O) groups is 4. The van der Waals surface area contributed by atoms with Gasteiger partial charge in [0.1, 0.15) is 6.61 Å². The van der Waals surface area contributed by atoms with Crippen LogP contribution in [0.2, 0.25) is 0 Å². The smallest absolute Gasteiger partial charge is 0.308 e. The molecule has 4 rings (SSSR count). The van der Waals surface area contributed by atoms with E-state index in [4.69, 9.17) is 9.47 Å². The molecule has 0 radical (unpaired) electrons. The molecule has 7 heteroatoms. The van der Waals surface area contributed by atoms with E-state index >= 15 is 0 Å². The van der Waals surface area contributed by atoms with Crippen LogP contribution in [0.4, 0.5) is 0 Å². The molecule has 1 unspecified atom stereocenters. The summed E-state index contributed by atoms with van der Waals surface area (Å²) in [6.45, 7) is 9.35. The molecule has 3 saturated carbocycles. The van der Waals surface area contributed by atoms with Gasteiger partial charge in [0.2, 0.25) is 0 Å². The van der Waals surface area contributed by atoms with E-state index in [1.807, 2.05) is 6.08 Å². The first-order valence-corrected chi connectivity index (χ1v) is 13.3. The zero-order chi connectivity index (χ0) is 26.4. The Hall–Kier alpha value is -2.28. The Kier molecular flexibility index (Phi) is 7.35. The molecule has 0 aliphatic heterocycles. The number of fused-ring (bicyclic) bond motifs is 5. The van der Waals surface area contributed by atoms with Gasteiger partial charge in [0.05, 0.1) is 19.1 Å². The molecule has 0 aromatic rings. The summed E-state index contributed by atoms with van der Waals surface area (Å²) in [6, 6.07) is 0. The van der Waals surface area contributed by atoms with Crippen molar-refractivity contribution < 1.29 is 33.8 Å². The van der Waals surface area contributed by atoms with Crippen molar-refractivity contribution in [3.8, 4) is 0 Å². The number of hydrogen-bond donors (Lipinski definition) is 1. The largest absolute Gasteiger partial charge is 0.465 e. The fourth-order valence-corrected chi connectivity index (χ4v) is 8.35. The molecular formula is C29H40O7. The zero-order valence-electron chi connectivity index (χ0n) is 22.1. The van der Waals surface area contributed by atoms with Crippen LogP contribution < -0.4 is 0 Å². The minimum Gasteiger partial charge on any atom is -0.465 e. The third kappa shape index (κ3) is 4.71. The van der Waals surface area contributed by atoms with Gasteiger partial charge < -0.3 is 14.6 Å². The van der Waals surface area contributed by atoms with Gasteiger partial charge in [0.25, 0.3) is 0 Å². The highest BCUT2D eigenvalue weighted by atomic mass is 16.5. The number of aliphatic hydroxyl groups is 1. The van der Waals surface area contributed by atoms with Crippen molar-refractivity contribution in [3.63, 3.8) is 0 Å². The third-order valence-corrected chi connectivity index (χ3v) is 9.74. The first-order valence-electron chi connectivity index (χ1n) is 13.3. The summed E-state index contributed by atoms with van der Waals surface area (Å²) in [5.41, 5.74) is 0.769. The Morgan fingerprint density at radius 1 is 1.17 bits per heavy atom. The Balaban J connectivity index is 1.63. The minimum absolute atomic E-state index is 0.0597. The van der Waals surface area contributed by atoms with Gasteiger partial charge in [0.15, 0.2) is 11.6 Å². The average molecular weight is 501 g/mol. The Morgan fingerprint density at radius 3 is 2.56 bits per heavy atom. The second-order valence-electron chi connectivity index (χ2n) is 12.1. The molecule has 9 atom stereocenters. The molecule has 0 aromatic carbocycles. The molecule has 0 amide bonds. The standard InChI is InChI=1S/C29H40O7/c1-16-10-21-22(28(4)8-6-20(32)13-23(16)28)7-9-29(5)24(21)12-19(14-36-26(34)11-17(2)30)27(29)25(33)15-35-18(3)31/h6,8,13,16-17,19,21-22,24,27,30H,7,9-12,14-15H2,1-5H3/t16-,17?,19+,21+,22-,24-,27+,28+,29-/m0/s1. The van der Waals surface area contributed by atoms with Gasteiger partial charge in [-0.3, -0.25) is 19.2 Å². The van der Waals surface area contributed by atoms with Crippen LogP contribution in [-0.2, 0) is 28.7 Å². The van der Waals surface area contributed by atoms with Crippen LogP contribution in [0.1, 0.15) is 66.7 Å². The Labute approximate surface area is 213 Å². The summed E-state index contributed by atoms with van der Waals surface area (Å²) >= 11 is 0. The van der Waals surface area contributed by atoms with Crippen molar-refractivity contribution in [3.05, 3.63) is 23.8 Å². The highest BCUT2D eigenvalue weighted by molar-refractivity contribution is 6.01. The topological polar surface area (TPSA) is 107 Å². The summed E-state index contributed by atoms with van der Waals surface area (Å²) in [5.74, 6) is -0.259. The van der Waals surface area contributed by atoms with Gasteiger partial charge in [-0.1, -0.05) is 32.4 Å². The fourth-order valence-electron chi connectivity index (χ4n) is 8.35. The van der Waals surface area contributed by atoms with Crippen LogP contribution >= 0.6 is 0 Å². The van der Waals surface area contributed by atoms with E-state index in [1.165, 1.54) is 12.5 Å². The summed E-state index contributed by atoms with van der Waals surface area (Å²) in [6.07, 6.45) is 8.30. The summed E-state index contributed by atoms with van der Waals surface area (Å²) in [4.78, 5) is 49.3. The number of ketones is 2. The fraction of sp³-hybridized carbons (Fsp3) is 0.724. The SMILES string of the molecule is CC(=O)OCC(=O)[C@H]1[C@@H](COC(=O)CC(C)O)C[C@H]2[C@@H]3C[C@H](C)C4=CC(=O)C=C[C@]4(C)[C@H]3CC[C@@]21C. The number of rotatable bonds is 7. The van der Waals surface area contributed by atoms with Crippen molar-refractivity contribution in [2.45, 2.75) is 72.8 Å². The molecule has 1 N–H and O–H groups in total. The number of ether oxygens (including phenoxy) is 2. The van der Waals surface area contributed by atoms with Gasteiger partial charge in [-0.25, -0.2) is 0 Å². The first kappa shape index (κ1) is 26.8. The average Bonchev–Trinajstić information content (AvgIpc) is 3.09. The number of Topliss-reactive ketones (excluding diaryl/α,β-unsaturated/α-hetero) is 1. The zero-order valence-corrected chi connectivity index (χ0v) is 22.1. The second kappa shape index (κ2) is 9.88. The maximum absolute atomic E-state index is 13.5. The van der Waals surface area contributed by atoms with E-state index in [2.05, 4.69) is 26.8 Å². The minimum atomic E-state index is -0.787. The van der Waals surface area contributed by atoms with Crippen molar-refractivity contribution in [2.24, 2.45) is 46.3 Å². The maximum Gasteiger partial charge on any atom is 0.308 e. The number of aliphatic hydroxyl groups excluding tert-OH is 1. The molecule has 0 bridgehead atoms. The molecule has 0 aromatic heterocycles. The summed E-state index contributed by atoms with van der Waals surface area (Å²) in [5, 5.41) is 9.54. The molecule has 4 aliphatic carbocycles. The van der Waals surface area contributed by atoms with Crippen molar-refractivity contribution in [1.29, 1.82) is 0 Å². The van der Waals surface area contributed by atoms with E-state index in [9.17, 15) is 24.3 Å². The summed E-state index contributed by atoms with van der Waals surface area (Å²) in [7, 11) is 0. The van der Waals surface area contributed by atoms with Crippen LogP contribution in [0.25, 0.3) is 0 Å². The normalized spacial score (nSPS) is 39.8. The lowest BCUT2D eigenvalue weighted by molar-refractivity contribution is -0.152. The molecule has 4 aliphatic rings. The number of esters is 2. The molecule has 3 fully saturated rings. The monoisotopic (exact) mass is 500 g/mol. The predicted octanol–water partition coefficient (Wildman–Crippen LogP) is 3.83. The van der Waals surface area contributed by atoms with Gasteiger partial charge in [-0.2, -0.15) is 0 Å². The molecule has 0 heterocycles. The molecule has 7 nitrogen and oxygen atoms in total. The van der Waals surface area contributed by atoms with Crippen molar-refractivity contribution in [1.82, 2.24) is 0 Å². The summed E-state index contributed by atoms with van der Waals surface area (Å²) < 4.78 is 10.7. The number of hydrogen-bond acceptors (Lipinski definition) is 7. The lowest BCUT2D eigenvalue weighted by atomic mass is 9.46. The van der Waals surface area contributed by atoms with Crippen LogP contribution in [0.5, 0.6) is 0 Å².